The van der Waals surface area contributed by atoms with Gasteiger partial charge in [0.1, 0.15) is 0 Å². The van der Waals surface area contributed by atoms with Gasteiger partial charge in [-0.25, -0.2) is 0 Å². The lowest BCUT2D eigenvalue weighted by Gasteiger charge is -2.28. The highest BCUT2D eigenvalue weighted by molar-refractivity contribution is 7.89. The summed E-state index contributed by atoms with van der Waals surface area (Å²) in [6, 6.07) is 17.4. The van der Waals surface area contributed by atoms with Gasteiger partial charge in [0.25, 0.3) is 5.91 Å². The standard InChI is InChI=1S/C18H13NO4S/c1-12-6-2-5-9-16(12)19-18(20)15-10-13-7-3-4-8-14(13)11-17(15)23-24(19,21)22/h2-11H,1H3. The van der Waals surface area contributed by atoms with Crippen molar-refractivity contribution in [3.8, 4) is 5.75 Å². The molecule has 0 radical (unpaired) electrons. The molecule has 1 amide bonds. The smallest absolute Gasteiger partial charge is 0.366 e. The molecule has 3 aromatic carbocycles. The third kappa shape index (κ3) is 2.15. The zero-order chi connectivity index (χ0) is 16.9. The fraction of sp³-hybridized carbons (Fsp3) is 0.0556. The summed E-state index contributed by atoms with van der Waals surface area (Å²) in [5, 5.41) is 1.65. The topological polar surface area (TPSA) is 63.7 Å². The van der Waals surface area contributed by atoms with Crippen LogP contribution >= 0.6 is 0 Å². The summed E-state index contributed by atoms with van der Waals surface area (Å²) in [5.74, 6) is -0.556. The Morgan fingerprint density at radius 2 is 1.54 bits per heavy atom. The minimum Gasteiger partial charge on any atom is -0.366 e. The molecule has 0 N–H and O–H groups in total. The van der Waals surface area contributed by atoms with Crippen molar-refractivity contribution in [1.82, 2.24) is 0 Å². The molecule has 6 heteroatoms. The Balaban J connectivity index is 1.96. The minimum atomic E-state index is -4.25. The van der Waals surface area contributed by atoms with E-state index < -0.39 is 16.2 Å². The second kappa shape index (κ2) is 5.07. The van der Waals surface area contributed by atoms with Crippen molar-refractivity contribution >= 4 is 32.7 Å². The van der Waals surface area contributed by atoms with Gasteiger partial charge >= 0.3 is 10.3 Å². The van der Waals surface area contributed by atoms with Crippen molar-refractivity contribution in [1.29, 1.82) is 0 Å². The van der Waals surface area contributed by atoms with E-state index in [2.05, 4.69) is 0 Å². The molecule has 0 spiro atoms. The van der Waals surface area contributed by atoms with Crippen LogP contribution in [0.2, 0.25) is 0 Å². The maximum absolute atomic E-state index is 12.9. The van der Waals surface area contributed by atoms with E-state index in [1.807, 2.05) is 24.3 Å². The number of aryl methyl sites for hydroxylation is 1. The van der Waals surface area contributed by atoms with Gasteiger partial charge in [-0.15, -0.1) is 0 Å². The molecule has 1 aliphatic heterocycles. The fourth-order valence-corrected chi connectivity index (χ4v) is 4.02. The first-order valence-electron chi connectivity index (χ1n) is 7.35. The van der Waals surface area contributed by atoms with Crippen LogP contribution in [0, 0.1) is 6.92 Å². The normalized spacial score (nSPS) is 15.9. The Morgan fingerprint density at radius 3 is 2.25 bits per heavy atom. The number of hydrogen-bond donors (Lipinski definition) is 0. The van der Waals surface area contributed by atoms with Gasteiger partial charge < -0.3 is 4.18 Å². The Morgan fingerprint density at radius 1 is 0.917 bits per heavy atom. The van der Waals surface area contributed by atoms with Crippen molar-refractivity contribution in [3.63, 3.8) is 0 Å². The molecule has 4 rings (SSSR count). The molecule has 1 heterocycles. The van der Waals surface area contributed by atoms with E-state index in [1.165, 1.54) is 0 Å². The van der Waals surface area contributed by atoms with Gasteiger partial charge in [0.2, 0.25) is 0 Å². The minimum absolute atomic E-state index is 0.0588. The number of carbonyl (C=O) groups excluding carboxylic acids is 1. The Labute approximate surface area is 139 Å². The third-order valence-electron chi connectivity index (χ3n) is 4.02. The van der Waals surface area contributed by atoms with E-state index in [1.54, 1.807) is 43.3 Å². The van der Waals surface area contributed by atoms with Crippen LogP contribution in [0.3, 0.4) is 0 Å². The number of fused-ring (bicyclic) bond motifs is 2. The zero-order valence-corrected chi connectivity index (χ0v) is 13.6. The van der Waals surface area contributed by atoms with E-state index in [0.29, 0.717) is 11.3 Å². The van der Waals surface area contributed by atoms with Crippen LogP contribution in [0.4, 0.5) is 5.69 Å². The molecule has 0 aromatic heterocycles. The number of amides is 1. The van der Waals surface area contributed by atoms with E-state index in [4.69, 9.17) is 4.18 Å². The first-order chi connectivity index (χ1) is 11.5. The number of anilines is 1. The van der Waals surface area contributed by atoms with Gasteiger partial charge in [0.15, 0.2) is 5.75 Å². The summed E-state index contributed by atoms with van der Waals surface area (Å²) in [6.45, 7) is 1.74. The van der Waals surface area contributed by atoms with Gasteiger partial charge in [0.05, 0.1) is 11.3 Å². The van der Waals surface area contributed by atoms with Crippen LogP contribution < -0.4 is 8.49 Å². The zero-order valence-electron chi connectivity index (χ0n) is 12.8. The summed E-state index contributed by atoms with van der Waals surface area (Å²) in [7, 11) is -4.25. The molecule has 0 fully saturated rings. The molecule has 5 nitrogen and oxygen atoms in total. The highest BCUT2D eigenvalue weighted by Gasteiger charge is 2.39. The fourth-order valence-electron chi connectivity index (χ4n) is 2.84. The average molecular weight is 339 g/mol. The second-order valence-electron chi connectivity index (χ2n) is 5.59. The monoisotopic (exact) mass is 339 g/mol. The number of nitrogens with zero attached hydrogens (tertiary/aromatic N) is 1. The number of hydrogen-bond acceptors (Lipinski definition) is 4. The van der Waals surface area contributed by atoms with Gasteiger partial charge in [0, 0.05) is 0 Å². The molecular formula is C18H13NO4S. The van der Waals surface area contributed by atoms with Crippen molar-refractivity contribution < 1.29 is 17.4 Å². The summed E-state index contributed by atoms with van der Waals surface area (Å²) in [4.78, 5) is 12.9. The highest BCUT2D eigenvalue weighted by atomic mass is 32.2. The SMILES string of the molecule is Cc1ccccc1N1C(=O)c2cc3ccccc3cc2OS1(=O)=O. The van der Waals surface area contributed by atoms with Gasteiger partial charge in [-0.1, -0.05) is 42.5 Å². The predicted octanol–water partition coefficient (Wildman–Crippen LogP) is 3.43. The molecule has 0 atom stereocenters. The molecule has 0 unspecified atom stereocenters. The summed E-state index contributed by atoms with van der Waals surface area (Å²) in [5.41, 5.74) is 1.19. The van der Waals surface area contributed by atoms with Crippen LogP contribution in [0.25, 0.3) is 10.8 Å². The van der Waals surface area contributed by atoms with Gasteiger partial charge in [-0.05, 0) is 41.5 Å². The molecule has 3 aromatic rings. The second-order valence-corrected chi connectivity index (χ2v) is 6.98. The van der Waals surface area contributed by atoms with E-state index in [-0.39, 0.29) is 11.3 Å². The van der Waals surface area contributed by atoms with Crippen molar-refractivity contribution in [2.24, 2.45) is 0 Å². The van der Waals surface area contributed by atoms with Crippen LogP contribution in [-0.2, 0) is 10.3 Å². The Hall–Kier alpha value is -2.86. The Bertz CT molecular complexity index is 1090. The summed E-state index contributed by atoms with van der Waals surface area (Å²) >= 11 is 0. The van der Waals surface area contributed by atoms with Crippen molar-refractivity contribution in [2.75, 3.05) is 4.31 Å². The lowest BCUT2D eigenvalue weighted by molar-refractivity contribution is 0.0997. The van der Waals surface area contributed by atoms with E-state index in [9.17, 15) is 13.2 Å². The highest BCUT2D eigenvalue weighted by Crippen LogP contribution is 2.36. The predicted molar refractivity (Wildman–Crippen MR) is 91.5 cm³/mol. The average Bonchev–Trinajstić information content (AvgIpc) is 2.54. The lowest BCUT2D eigenvalue weighted by atomic mass is 10.0. The molecule has 0 aliphatic carbocycles. The van der Waals surface area contributed by atoms with E-state index >= 15 is 0 Å². The number of benzene rings is 3. The van der Waals surface area contributed by atoms with Crippen molar-refractivity contribution in [3.05, 3.63) is 71.8 Å². The third-order valence-corrected chi connectivity index (χ3v) is 5.22. The van der Waals surface area contributed by atoms with Crippen LogP contribution in [0.15, 0.2) is 60.7 Å². The molecular weight excluding hydrogens is 326 g/mol. The summed E-state index contributed by atoms with van der Waals surface area (Å²) in [6.07, 6.45) is 0. The molecule has 120 valence electrons. The lowest BCUT2D eigenvalue weighted by Crippen LogP contribution is -2.43. The first-order valence-corrected chi connectivity index (χ1v) is 8.71. The maximum Gasteiger partial charge on any atom is 0.417 e. The van der Waals surface area contributed by atoms with Crippen molar-refractivity contribution in [2.45, 2.75) is 6.92 Å². The van der Waals surface area contributed by atoms with Gasteiger partial charge in [-0.2, -0.15) is 12.7 Å². The molecule has 0 saturated carbocycles. The number of rotatable bonds is 1. The molecule has 0 saturated heterocycles. The quantitative estimate of drug-likeness (QED) is 0.681. The number of para-hydroxylation sites is 1. The van der Waals surface area contributed by atoms with Crippen LogP contribution in [0.1, 0.15) is 15.9 Å². The molecule has 24 heavy (non-hydrogen) atoms. The van der Waals surface area contributed by atoms with Gasteiger partial charge in [-0.3, -0.25) is 4.79 Å². The molecule has 0 bridgehead atoms. The maximum atomic E-state index is 12.9. The largest absolute Gasteiger partial charge is 0.417 e. The van der Waals surface area contributed by atoms with E-state index in [0.717, 1.165) is 15.1 Å². The molecule has 1 aliphatic rings. The van der Waals surface area contributed by atoms with Crippen LogP contribution in [0.5, 0.6) is 5.75 Å². The Kier molecular flexibility index (Phi) is 3.11. The van der Waals surface area contributed by atoms with Crippen LogP contribution in [-0.4, -0.2) is 14.3 Å². The summed E-state index contributed by atoms with van der Waals surface area (Å²) < 4.78 is 31.0. The first kappa shape index (κ1) is 14.7. The number of carbonyl (C=O) groups is 1.